The van der Waals surface area contributed by atoms with Gasteiger partial charge >= 0.3 is 6.18 Å². The van der Waals surface area contributed by atoms with Crippen LogP contribution in [0.4, 0.5) is 18.9 Å². The molecule has 3 aromatic rings. The highest BCUT2D eigenvalue weighted by molar-refractivity contribution is 7.94. The summed E-state index contributed by atoms with van der Waals surface area (Å²) in [4.78, 5) is 12.4. The Hall–Kier alpha value is -3.18. The quantitative estimate of drug-likeness (QED) is 0.430. The molecule has 1 aromatic heterocycles. The van der Waals surface area contributed by atoms with Crippen LogP contribution in [0.15, 0.2) is 75.4 Å². The van der Waals surface area contributed by atoms with Crippen molar-refractivity contribution in [3.05, 3.63) is 82.7 Å². The number of anilines is 1. The van der Waals surface area contributed by atoms with Crippen molar-refractivity contribution in [1.82, 2.24) is 5.43 Å². The molecule has 156 valence electrons. The van der Waals surface area contributed by atoms with Gasteiger partial charge in [0.1, 0.15) is 4.21 Å². The van der Waals surface area contributed by atoms with Crippen LogP contribution in [0.3, 0.4) is 0 Å². The minimum Gasteiger partial charge on any atom is -0.278 e. The molecule has 1 heterocycles. The van der Waals surface area contributed by atoms with Crippen molar-refractivity contribution >= 4 is 39.2 Å². The van der Waals surface area contributed by atoms with Crippen LogP contribution >= 0.6 is 11.3 Å². The van der Waals surface area contributed by atoms with Gasteiger partial charge in [0.25, 0.3) is 15.9 Å². The first-order chi connectivity index (χ1) is 14.2. The van der Waals surface area contributed by atoms with E-state index in [-0.39, 0.29) is 15.5 Å². The van der Waals surface area contributed by atoms with Gasteiger partial charge in [-0.05, 0) is 41.3 Å². The van der Waals surface area contributed by atoms with E-state index in [2.05, 4.69) is 15.2 Å². The third kappa shape index (κ3) is 5.24. The fourth-order valence-electron chi connectivity index (χ4n) is 2.37. The van der Waals surface area contributed by atoms with E-state index in [9.17, 15) is 26.4 Å². The number of benzene rings is 2. The van der Waals surface area contributed by atoms with Crippen molar-refractivity contribution in [3.8, 4) is 0 Å². The molecule has 0 aliphatic heterocycles. The Balaban J connectivity index is 1.71. The monoisotopic (exact) mass is 453 g/mol. The van der Waals surface area contributed by atoms with Gasteiger partial charge < -0.3 is 0 Å². The number of rotatable bonds is 6. The molecular weight excluding hydrogens is 439 g/mol. The van der Waals surface area contributed by atoms with Crippen LogP contribution in [-0.4, -0.2) is 20.5 Å². The molecule has 1 amide bonds. The van der Waals surface area contributed by atoms with Crippen LogP contribution in [0.25, 0.3) is 0 Å². The van der Waals surface area contributed by atoms with Gasteiger partial charge in [0.05, 0.1) is 23.0 Å². The number of alkyl halides is 3. The number of hydrogen-bond acceptors (Lipinski definition) is 5. The summed E-state index contributed by atoms with van der Waals surface area (Å²) in [5, 5.41) is 5.33. The minimum atomic E-state index is -4.44. The Labute approximate surface area is 174 Å². The number of carbonyl (C=O) groups is 1. The van der Waals surface area contributed by atoms with Gasteiger partial charge in [-0.3, -0.25) is 9.52 Å². The largest absolute Gasteiger partial charge is 0.416 e. The van der Waals surface area contributed by atoms with E-state index in [1.165, 1.54) is 36.5 Å². The highest BCUT2D eigenvalue weighted by atomic mass is 32.2. The molecule has 0 radical (unpaired) electrons. The third-order valence-electron chi connectivity index (χ3n) is 3.79. The zero-order chi connectivity index (χ0) is 21.8. The number of amides is 1. The molecule has 2 aromatic carbocycles. The number of sulfonamides is 1. The van der Waals surface area contributed by atoms with Gasteiger partial charge in [-0.2, -0.15) is 18.3 Å². The first-order valence-electron chi connectivity index (χ1n) is 8.33. The van der Waals surface area contributed by atoms with E-state index in [1.807, 2.05) is 0 Å². The molecule has 0 aliphatic rings. The predicted molar refractivity (Wildman–Crippen MR) is 108 cm³/mol. The van der Waals surface area contributed by atoms with Gasteiger partial charge in [-0.25, -0.2) is 13.8 Å². The molecule has 11 heteroatoms. The standard InChI is InChI=1S/C19H14F3N3O3S2/c20-19(21,22)14-9-7-13(8-10-14)12-23-24-18(26)15-4-1-2-5-16(15)25-30(27,28)17-6-3-11-29-17/h1-12,25H,(H,24,26)/b23-12-. The van der Waals surface area contributed by atoms with E-state index in [1.54, 1.807) is 23.6 Å². The molecule has 3 rings (SSSR count). The Morgan fingerprint density at radius 3 is 2.33 bits per heavy atom. The predicted octanol–water partition coefficient (Wildman–Crippen LogP) is 4.33. The second-order valence-corrected chi connectivity index (χ2v) is 8.76. The summed E-state index contributed by atoms with van der Waals surface area (Å²) in [7, 11) is -3.85. The second kappa shape index (κ2) is 8.67. The molecule has 0 atom stereocenters. The highest BCUT2D eigenvalue weighted by Crippen LogP contribution is 2.29. The molecule has 0 saturated heterocycles. The maximum Gasteiger partial charge on any atom is 0.416 e. The van der Waals surface area contributed by atoms with E-state index in [4.69, 9.17) is 0 Å². The molecule has 6 nitrogen and oxygen atoms in total. The summed E-state index contributed by atoms with van der Waals surface area (Å²) in [6, 6.07) is 13.2. The Bertz CT molecular complexity index is 1160. The van der Waals surface area contributed by atoms with E-state index < -0.39 is 27.7 Å². The smallest absolute Gasteiger partial charge is 0.278 e. The van der Waals surface area contributed by atoms with Crippen molar-refractivity contribution < 1.29 is 26.4 Å². The number of carbonyl (C=O) groups excluding carboxylic acids is 1. The fraction of sp³-hybridized carbons (Fsp3) is 0.0526. The SMILES string of the molecule is O=C(N/N=C\c1ccc(C(F)(F)F)cc1)c1ccccc1NS(=O)(=O)c1cccs1. The zero-order valence-electron chi connectivity index (χ0n) is 15.1. The van der Waals surface area contributed by atoms with Crippen molar-refractivity contribution in [2.24, 2.45) is 5.10 Å². The molecule has 30 heavy (non-hydrogen) atoms. The summed E-state index contributed by atoms with van der Waals surface area (Å²) >= 11 is 1.03. The van der Waals surface area contributed by atoms with Crippen molar-refractivity contribution in [2.45, 2.75) is 10.4 Å². The van der Waals surface area contributed by atoms with Crippen molar-refractivity contribution in [2.75, 3.05) is 4.72 Å². The summed E-state index contributed by atoms with van der Waals surface area (Å²) in [5.41, 5.74) is 1.87. The number of nitrogens with zero attached hydrogens (tertiary/aromatic N) is 1. The zero-order valence-corrected chi connectivity index (χ0v) is 16.7. The van der Waals surface area contributed by atoms with Crippen LogP contribution in [0.2, 0.25) is 0 Å². The number of hydrogen-bond donors (Lipinski definition) is 2. The van der Waals surface area contributed by atoms with E-state index in [0.717, 1.165) is 23.5 Å². The number of hydrazone groups is 1. The normalized spacial score (nSPS) is 12.1. The average Bonchev–Trinajstić information content (AvgIpc) is 3.24. The van der Waals surface area contributed by atoms with Gasteiger partial charge in [-0.15, -0.1) is 11.3 Å². The Morgan fingerprint density at radius 1 is 1.00 bits per heavy atom. The molecule has 0 spiro atoms. The topological polar surface area (TPSA) is 87.6 Å². The van der Waals surface area contributed by atoms with Crippen molar-refractivity contribution in [3.63, 3.8) is 0 Å². The van der Waals surface area contributed by atoms with Gasteiger partial charge in [0.2, 0.25) is 0 Å². The third-order valence-corrected chi connectivity index (χ3v) is 6.56. The lowest BCUT2D eigenvalue weighted by Crippen LogP contribution is -2.21. The Kier molecular flexibility index (Phi) is 6.22. The number of para-hydroxylation sites is 1. The van der Waals surface area contributed by atoms with Crippen LogP contribution in [0.5, 0.6) is 0 Å². The maximum absolute atomic E-state index is 12.6. The molecular formula is C19H14F3N3O3S2. The molecule has 2 N–H and O–H groups in total. The van der Waals surface area contributed by atoms with Gasteiger partial charge in [-0.1, -0.05) is 30.3 Å². The highest BCUT2D eigenvalue weighted by Gasteiger charge is 2.29. The molecule has 0 unspecified atom stereocenters. The summed E-state index contributed by atoms with van der Waals surface area (Å²) in [5.74, 6) is -0.692. The lowest BCUT2D eigenvalue weighted by atomic mass is 10.1. The summed E-state index contributed by atoms with van der Waals surface area (Å²) in [6.07, 6.45) is -3.26. The summed E-state index contributed by atoms with van der Waals surface area (Å²) < 4.78 is 65.0. The number of halogens is 3. The van der Waals surface area contributed by atoms with Crippen LogP contribution in [-0.2, 0) is 16.2 Å². The number of nitrogens with one attached hydrogen (secondary N) is 2. The van der Waals surface area contributed by atoms with E-state index in [0.29, 0.717) is 5.56 Å². The lowest BCUT2D eigenvalue weighted by molar-refractivity contribution is -0.137. The van der Waals surface area contributed by atoms with Crippen LogP contribution in [0, 0.1) is 0 Å². The minimum absolute atomic E-state index is 0.0298. The Morgan fingerprint density at radius 2 is 1.70 bits per heavy atom. The first kappa shape index (κ1) is 21.5. The lowest BCUT2D eigenvalue weighted by Gasteiger charge is -2.10. The summed E-state index contributed by atoms with van der Waals surface area (Å²) in [6.45, 7) is 0. The average molecular weight is 453 g/mol. The molecule has 0 fully saturated rings. The van der Waals surface area contributed by atoms with Gasteiger partial charge in [0, 0.05) is 0 Å². The molecule has 0 aliphatic carbocycles. The van der Waals surface area contributed by atoms with Crippen LogP contribution < -0.4 is 10.1 Å². The maximum atomic E-state index is 12.6. The van der Waals surface area contributed by atoms with E-state index >= 15 is 0 Å². The van der Waals surface area contributed by atoms with Crippen molar-refractivity contribution in [1.29, 1.82) is 0 Å². The molecule has 0 saturated carbocycles. The second-order valence-electron chi connectivity index (χ2n) is 5.90. The van der Waals surface area contributed by atoms with Gasteiger partial charge in [0.15, 0.2) is 0 Å². The molecule has 0 bridgehead atoms. The first-order valence-corrected chi connectivity index (χ1v) is 10.7. The number of thiophene rings is 1. The van der Waals surface area contributed by atoms with Crippen LogP contribution in [0.1, 0.15) is 21.5 Å². The fourth-order valence-corrected chi connectivity index (χ4v) is 4.44.